The van der Waals surface area contributed by atoms with Crippen molar-refractivity contribution in [3.8, 4) is 0 Å². The van der Waals surface area contributed by atoms with Crippen LogP contribution in [-0.4, -0.2) is 28.3 Å². The monoisotopic (exact) mass is 410 g/mol. The van der Waals surface area contributed by atoms with Crippen molar-refractivity contribution >= 4 is 34.8 Å². The van der Waals surface area contributed by atoms with Crippen LogP contribution < -0.4 is 5.32 Å². The molecule has 0 unspecified atom stereocenters. The van der Waals surface area contributed by atoms with E-state index in [2.05, 4.69) is 5.32 Å². The Hall–Kier alpha value is -2.19. The molecule has 0 bridgehead atoms. The number of carbonyl (C=O) groups excluding carboxylic acids is 1. The average molecular weight is 411 g/mol. The highest BCUT2D eigenvalue weighted by Gasteiger charge is 2.35. The fourth-order valence-electron chi connectivity index (χ4n) is 2.79. The van der Waals surface area contributed by atoms with E-state index in [-0.39, 0.29) is 12.3 Å². The number of non-ortho nitro benzene ring substituents is 1. The highest BCUT2D eigenvalue weighted by molar-refractivity contribution is 6.53. The van der Waals surface area contributed by atoms with Gasteiger partial charge in [0.15, 0.2) is 11.1 Å². The molecule has 3 rings (SSSR count). The van der Waals surface area contributed by atoms with Crippen molar-refractivity contribution in [2.24, 2.45) is 0 Å². The van der Waals surface area contributed by atoms with Gasteiger partial charge >= 0.3 is 0 Å². The van der Waals surface area contributed by atoms with Gasteiger partial charge in [-0.3, -0.25) is 14.9 Å². The molecule has 0 spiro atoms. The van der Waals surface area contributed by atoms with E-state index in [0.717, 1.165) is 5.56 Å². The number of amides is 1. The second-order valence-electron chi connectivity index (χ2n) is 5.90. The van der Waals surface area contributed by atoms with E-state index in [4.69, 9.17) is 32.7 Å². The van der Waals surface area contributed by atoms with Gasteiger partial charge in [-0.15, -0.1) is 0 Å². The van der Waals surface area contributed by atoms with Gasteiger partial charge in [-0.25, -0.2) is 0 Å². The molecule has 1 saturated heterocycles. The second kappa shape index (κ2) is 8.67. The Bertz CT molecular complexity index is 801. The van der Waals surface area contributed by atoms with Gasteiger partial charge in [0.1, 0.15) is 6.10 Å². The first-order chi connectivity index (χ1) is 13.0. The van der Waals surface area contributed by atoms with E-state index >= 15 is 0 Å². The fourth-order valence-corrected chi connectivity index (χ4v) is 2.92. The maximum atomic E-state index is 11.9. The minimum atomic E-state index is -1.23. The molecule has 1 aliphatic heterocycles. The van der Waals surface area contributed by atoms with Crippen LogP contribution in [0.5, 0.6) is 0 Å². The van der Waals surface area contributed by atoms with E-state index in [1.165, 1.54) is 12.1 Å². The SMILES string of the molecule is O=C(N[C@H]1CO[C@@H](c2ccccc2)O[C@H]1c1ccc([N+](=O)[O-])cc1)C(Cl)Cl. The van der Waals surface area contributed by atoms with Crippen molar-refractivity contribution in [2.45, 2.75) is 23.3 Å². The number of nitro groups is 1. The minimum absolute atomic E-state index is 0.0346. The van der Waals surface area contributed by atoms with E-state index in [1.807, 2.05) is 30.3 Å². The lowest BCUT2D eigenvalue weighted by molar-refractivity contribution is -0.384. The Morgan fingerprint density at radius 3 is 2.37 bits per heavy atom. The van der Waals surface area contributed by atoms with Crippen molar-refractivity contribution in [1.29, 1.82) is 0 Å². The molecule has 9 heteroatoms. The molecule has 2 aromatic rings. The van der Waals surface area contributed by atoms with Crippen LogP contribution in [0.15, 0.2) is 54.6 Å². The van der Waals surface area contributed by atoms with Crippen LogP contribution in [0.1, 0.15) is 23.5 Å². The molecule has 0 aromatic heterocycles. The first-order valence-corrected chi connectivity index (χ1v) is 8.98. The summed E-state index contributed by atoms with van der Waals surface area (Å²) in [6.07, 6.45) is -1.23. The Labute approximate surface area is 165 Å². The number of alkyl halides is 2. The largest absolute Gasteiger partial charge is 0.346 e. The smallest absolute Gasteiger partial charge is 0.269 e. The van der Waals surface area contributed by atoms with Gasteiger partial charge in [-0.05, 0) is 17.7 Å². The van der Waals surface area contributed by atoms with Crippen molar-refractivity contribution in [1.82, 2.24) is 5.32 Å². The zero-order valence-electron chi connectivity index (χ0n) is 14.0. The molecule has 1 fully saturated rings. The molecule has 7 nitrogen and oxygen atoms in total. The van der Waals surface area contributed by atoms with Crippen LogP contribution in [0.25, 0.3) is 0 Å². The molecule has 1 N–H and O–H groups in total. The van der Waals surface area contributed by atoms with E-state index in [0.29, 0.717) is 5.56 Å². The zero-order valence-corrected chi connectivity index (χ0v) is 15.5. The molecular formula is C18H16Cl2N2O5. The van der Waals surface area contributed by atoms with Crippen LogP contribution in [0.3, 0.4) is 0 Å². The molecule has 1 heterocycles. The number of ether oxygens (including phenoxy) is 2. The lowest BCUT2D eigenvalue weighted by Gasteiger charge is -2.37. The van der Waals surface area contributed by atoms with Gasteiger partial charge in [-0.1, -0.05) is 53.5 Å². The van der Waals surface area contributed by atoms with E-state index < -0.39 is 34.1 Å². The van der Waals surface area contributed by atoms with Crippen molar-refractivity contribution < 1.29 is 19.2 Å². The maximum Gasteiger partial charge on any atom is 0.269 e. The van der Waals surface area contributed by atoms with Gasteiger partial charge in [0.05, 0.1) is 17.6 Å². The predicted molar refractivity (Wildman–Crippen MR) is 99.5 cm³/mol. The Morgan fingerprint density at radius 1 is 1.11 bits per heavy atom. The molecule has 0 aliphatic carbocycles. The topological polar surface area (TPSA) is 90.7 Å². The molecule has 0 radical (unpaired) electrons. The molecule has 2 aromatic carbocycles. The summed E-state index contributed by atoms with van der Waals surface area (Å²) in [7, 11) is 0. The Morgan fingerprint density at radius 2 is 1.78 bits per heavy atom. The van der Waals surface area contributed by atoms with E-state index in [9.17, 15) is 14.9 Å². The van der Waals surface area contributed by atoms with Crippen LogP contribution in [-0.2, 0) is 14.3 Å². The molecule has 3 atom stereocenters. The third-order valence-electron chi connectivity index (χ3n) is 4.09. The number of halogens is 2. The summed E-state index contributed by atoms with van der Waals surface area (Å²) in [4.78, 5) is 21.1. The first-order valence-electron chi connectivity index (χ1n) is 8.10. The summed E-state index contributed by atoms with van der Waals surface area (Å²) in [5.74, 6) is -0.569. The number of nitro benzene ring substituents is 1. The van der Waals surface area contributed by atoms with Gasteiger partial charge in [0, 0.05) is 17.7 Å². The quantitative estimate of drug-likeness (QED) is 0.461. The fraction of sp³-hybridized carbons (Fsp3) is 0.278. The molecule has 0 saturated carbocycles. The number of hydrogen-bond acceptors (Lipinski definition) is 5. The highest BCUT2D eigenvalue weighted by Crippen LogP contribution is 2.35. The highest BCUT2D eigenvalue weighted by atomic mass is 35.5. The lowest BCUT2D eigenvalue weighted by atomic mass is 10.0. The first kappa shape index (κ1) is 19.6. The number of rotatable bonds is 5. The zero-order chi connectivity index (χ0) is 19.4. The van der Waals surface area contributed by atoms with Crippen LogP contribution in [0.4, 0.5) is 5.69 Å². The molecule has 1 aliphatic rings. The summed E-state index contributed by atoms with van der Waals surface area (Å²) in [5.41, 5.74) is 1.45. The van der Waals surface area contributed by atoms with Gasteiger partial charge in [0.25, 0.3) is 11.6 Å². The number of nitrogens with one attached hydrogen (secondary N) is 1. The van der Waals surface area contributed by atoms with Crippen molar-refractivity contribution in [3.63, 3.8) is 0 Å². The van der Waals surface area contributed by atoms with Gasteiger partial charge in [0.2, 0.25) is 0 Å². The Kier molecular flexibility index (Phi) is 6.28. The molecule has 1 amide bonds. The van der Waals surface area contributed by atoms with Gasteiger partial charge < -0.3 is 14.8 Å². The number of benzene rings is 2. The second-order valence-corrected chi connectivity index (χ2v) is 6.99. The van der Waals surface area contributed by atoms with Gasteiger partial charge in [-0.2, -0.15) is 0 Å². The summed E-state index contributed by atoms with van der Waals surface area (Å²) < 4.78 is 11.8. The maximum absolute atomic E-state index is 11.9. The third-order valence-corrected chi connectivity index (χ3v) is 4.49. The van der Waals surface area contributed by atoms with Crippen LogP contribution in [0.2, 0.25) is 0 Å². The summed E-state index contributed by atoms with van der Waals surface area (Å²) in [6, 6.07) is 14.7. The van der Waals surface area contributed by atoms with E-state index in [1.54, 1.807) is 12.1 Å². The summed E-state index contributed by atoms with van der Waals surface area (Å²) in [5, 5.41) is 13.6. The summed E-state index contributed by atoms with van der Waals surface area (Å²) >= 11 is 11.2. The molecule has 142 valence electrons. The molecular weight excluding hydrogens is 395 g/mol. The average Bonchev–Trinajstić information content (AvgIpc) is 2.69. The predicted octanol–water partition coefficient (Wildman–Crippen LogP) is 3.67. The standard InChI is InChI=1S/C18H16Cl2N2O5/c19-16(20)17(23)21-14-10-26-18(12-4-2-1-3-5-12)27-15(14)11-6-8-13(9-7-11)22(24)25/h1-9,14-16,18H,10H2,(H,21,23)/t14-,15-,18+/m0/s1. The van der Waals surface area contributed by atoms with Crippen LogP contribution in [0, 0.1) is 10.1 Å². The van der Waals surface area contributed by atoms with Crippen LogP contribution >= 0.6 is 23.2 Å². The number of nitrogens with zero attached hydrogens (tertiary/aromatic N) is 1. The van der Waals surface area contributed by atoms with Crippen molar-refractivity contribution in [3.05, 3.63) is 75.8 Å². The van der Waals surface area contributed by atoms with Crippen molar-refractivity contribution in [2.75, 3.05) is 6.61 Å². The lowest BCUT2D eigenvalue weighted by Crippen LogP contribution is -2.48. The normalized spacial score (nSPS) is 22.4. The summed E-state index contributed by atoms with van der Waals surface area (Å²) in [6.45, 7) is 0.160. The minimum Gasteiger partial charge on any atom is -0.346 e. The molecule has 27 heavy (non-hydrogen) atoms. The Balaban J connectivity index is 1.86. The number of hydrogen-bond donors (Lipinski definition) is 1. The third kappa shape index (κ3) is 4.75. The number of carbonyl (C=O) groups is 1.